The van der Waals surface area contributed by atoms with Crippen molar-refractivity contribution in [2.45, 2.75) is 24.8 Å². The Hall–Kier alpha value is -3.86. The maximum atomic E-state index is 13.8. The molecule has 2 N–H and O–H groups in total. The van der Waals surface area contributed by atoms with Gasteiger partial charge in [0.2, 0.25) is 0 Å². The van der Waals surface area contributed by atoms with Crippen LogP contribution in [-0.4, -0.2) is 26.4 Å². The van der Waals surface area contributed by atoms with Crippen LogP contribution in [0, 0.1) is 24.4 Å². The molecule has 0 radical (unpaired) electrons. The van der Waals surface area contributed by atoms with E-state index in [4.69, 9.17) is 4.74 Å². The standard InChI is InChI=1S/C23H19F3N2O5S/c1-13-6-8-18(12-20(13)26)34(31,32)28-17-5-3-4-15(10-17)23(30)33-14(2)22(29)27-21-11-16(24)7-9-19(21)25/h3-12,14,28H,1-2H3,(H,27,29). The van der Waals surface area contributed by atoms with Crippen LogP contribution < -0.4 is 10.0 Å². The number of halogens is 3. The van der Waals surface area contributed by atoms with Crippen LogP contribution in [0.4, 0.5) is 24.5 Å². The second-order valence-electron chi connectivity index (χ2n) is 7.26. The van der Waals surface area contributed by atoms with E-state index in [9.17, 15) is 31.2 Å². The molecule has 1 unspecified atom stereocenters. The van der Waals surface area contributed by atoms with Crippen LogP contribution in [0.25, 0.3) is 0 Å². The van der Waals surface area contributed by atoms with E-state index in [1.165, 1.54) is 50.2 Å². The highest BCUT2D eigenvalue weighted by molar-refractivity contribution is 7.92. The first-order valence-electron chi connectivity index (χ1n) is 9.82. The molecule has 11 heteroatoms. The first-order valence-corrected chi connectivity index (χ1v) is 11.3. The van der Waals surface area contributed by atoms with Crippen molar-refractivity contribution in [2.24, 2.45) is 0 Å². The minimum atomic E-state index is -4.15. The lowest BCUT2D eigenvalue weighted by Crippen LogP contribution is -2.30. The second-order valence-corrected chi connectivity index (χ2v) is 8.94. The van der Waals surface area contributed by atoms with E-state index in [1.54, 1.807) is 0 Å². The molecule has 0 fully saturated rings. The number of benzene rings is 3. The SMILES string of the molecule is Cc1ccc(S(=O)(=O)Nc2cccc(C(=O)OC(C)C(=O)Nc3cc(F)ccc3F)c2)cc1F. The zero-order valence-corrected chi connectivity index (χ0v) is 18.8. The molecule has 0 aliphatic heterocycles. The quantitative estimate of drug-likeness (QED) is 0.476. The average Bonchev–Trinajstić information content (AvgIpc) is 2.77. The van der Waals surface area contributed by atoms with E-state index < -0.39 is 51.1 Å². The number of esters is 1. The predicted octanol–water partition coefficient (Wildman–Crippen LogP) is 4.40. The summed E-state index contributed by atoms with van der Waals surface area (Å²) in [6.07, 6.45) is -1.38. The summed E-state index contributed by atoms with van der Waals surface area (Å²) in [4.78, 5) is 24.3. The summed E-state index contributed by atoms with van der Waals surface area (Å²) in [5.74, 6) is -4.21. The smallest absolute Gasteiger partial charge is 0.338 e. The molecule has 3 aromatic rings. The molecule has 0 aliphatic rings. The van der Waals surface area contributed by atoms with Gasteiger partial charge in [0.05, 0.1) is 16.1 Å². The third-order valence-electron chi connectivity index (χ3n) is 4.64. The number of anilines is 2. The number of aryl methyl sites for hydroxylation is 1. The molecule has 0 aliphatic carbocycles. The molecule has 0 saturated carbocycles. The number of hydrogen-bond acceptors (Lipinski definition) is 5. The van der Waals surface area contributed by atoms with Crippen LogP contribution in [0.5, 0.6) is 0 Å². The van der Waals surface area contributed by atoms with Crippen molar-refractivity contribution in [2.75, 3.05) is 10.0 Å². The van der Waals surface area contributed by atoms with Crippen LogP contribution in [-0.2, 0) is 19.6 Å². The number of nitrogens with one attached hydrogen (secondary N) is 2. The van der Waals surface area contributed by atoms with E-state index in [2.05, 4.69) is 10.0 Å². The molecule has 1 atom stereocenters. The molecule has 7 nitrogen and oxygen atoms in total. The van der Waals surface area contributed by atoms with Crippen LogP contribution in [0.1, 0.15) is 22.8 Å². The molecular weight excluding hydrogens is 473 g/mol. The molecular formula is C23H19F3N2O5S. The van der Waals surface area contributed by atoms with Gasteiger partial charge in [-0.1, -0.05) is 12.1 Å². The molecule has 34 heavy (non-hydrogen) atoms. The van der Waals surface area contributed by atoms with Gasteiger partial charge < -0.3 is 10.1 Å². The molecule has 3 rings (SSSR count). The van der Waals surface area contributed by atoms with Gasteiger partial charge in [-0.3, -0.25) is 9.52 Å². The zero-order chi connectivity index (χ0) is 25.0. The van der Waals surface area contributed by atoms with Gasteiger partial charge in [0, 0.05) is 11.8 Å². The Kier molecular flexibility index (Phi) is 7.26. The maximum Gasteiger partial charge on any atom is 0.338 e. The van der Waals surface area contributed by atoms with Crippen LogP contribution in [0.2, 0.25) is 0 Å². The van der Waals surface area contributed by atoms with Gasteiger partial charge in [-0.2, -0.15) is 0 Å². The summed E-state index contributed by atoms with van der Waals surface area (Å²) in [5.41, 5.74) is -0.236. The predicted molar refractivity (Wildman–Crippen MR) is 118 cm³/mol. The number of amides is 1. The number of ether oxygens (including phenoxy) is 1. The van der Waals surface area contributed by atoms with Crippen molar-refractivity contribution in [3.63, 3.8) is 0 Å². The van der Waals surface area contributed by atoms with Gasteiger partial charge in [0.15, 0.2) is 6.10 Å². The second kappa shape index (κ2) is 9.96. The highest BCUT2D eigenvalue weighted by Gasteiger charge is 2.21. The molecule has 3 aromatic carbocycles. The minimum absolute atomic E-state index is 0.00521. The fourth-order valence-corrected chi connectivity index (χ4v) is 3.84. The third kappa shape index (κ3) is 5.93. The summed E-state index contributed by atoms with van der Waals surface area (Å²) in [6.45, 7) is 2.72. The molecule has 0 aromatic heterocycles. The Morgan fingerprint density at radius 3 is 2.38 bits per heavy atom. The number of carbonyl (C=O) groups is 2. The van der Waals surface area contributed by atoms with Crippen molar-refractivity contribution < 1.29 is 35.9 Å². The Morgan fingerprint density at radius 2 is 1.68 bits per heavy atom. The molecule has 178 valence electrons. The minimum Gasteiger partial charge on any atom is -0.449 e. The van der Waals surface area contributed by atoms with Gasteiger partial charge in [-0.05, 0) is 61.9 Å². The fourth-order valence-electron chi connectivity index (χ4n) is 2.77. The van der Waals surface area contributed by atoms with Gasteiger partial charge in [0.25, 0.3) is 15.9 Å². The topological polar surface area (TPSA) is 102 Å². The summed E-state index contributed by atoms with van der Waals surface area (Å²) in [5, 5.41) is 2.12. The summed E-state index contributed by atoms with van der Waals surface area (Å²) >= 11 is 0. The van der Waals surface area contributed by atoms with Crippen molar-refractivity contribution in [1.82, 2.24) is 0 Å². The van der Waals surface area contributed by atoms with E-state index >= 15 is 0 Å². The third-order valence-corrected chi connectivity index (χ3v) is 6.02. The normalized spacial score (nSPS) is 12.0. The molecule has 0 heterocycles. The Morgan fingerprint density at radius 1 is 0.941 bits per heavy atom. The lowest BCUT2D eigenvalue weighted by Gasteiger charge is -2.15. The lowest BCUT2D eigenvalue weighted by molar-refractivity contribution is -0.123. The largest absolute Gasteiger partial charge is 0.449 e. The van der Waals surface area contributed by atoms with Gasteiger partial charge >= 0.3 is 5.97 Å². The lowest BCUT2D eigenvalue weighted by atomic mass is 10.2. The van der Waals surface area contributed by atoms with Crippen molar-refractivity contribution in [3.8, 4) is 0 Å². The van der Waals surface area contributed by atoms with Gasteiger partial charge in [-0.25, -0.2) is 26.4 Å². The fraction of sp³-hybridized carbons (Fsp3) is 0.130. The summed E-state index contributed by atoms with van der Waals surface area (Å²) < 4.78 is 73.1. The highest BCUT2D eigenvalue weighted by atomic mass is 32.2. The summed E-state index contributed by atoms with van der Waals surface area (Å²) in [6, 6.07) is 11.1. The highest BCUT2D eigenvalue weighted by Crippen LogP contribution is 2.20. The zero-order valence-electron chi connectivity index (χ0n) is 17.9. The monoisotopic (exact) mass is 492 g/mol. The number of rotatable bonds is 7. The van der Waals surface area contributed by atoms with E-state index in [-0.39, 0.29) is 21.7 Å². The van der Waals surface area contributed by atoms with Gasteiger partial charge in [0.1, 0.15) is 17.5 Å². The van der Waals surface area contributed by atoms with Crippen LogP contribution >= 0.6 is 0 Å². The Bertz CT molecular complexity index is 1360. The van der Waals surface area contributed by atoms with Gasteiger partial charge in [-0.15, -0.1) is 0 Å². The first-order chi connectivity index (χ1) is 16.0. The van der Waals surface area contributed by atoms with Crippen molar-refractivity contribution in [1.29, 1.82) is 0 Å². The molecule has 0 saturated heterocycles. The Labute approximate surface area is 193 Å². The molecule has 0 spiro atoms. The average molecular weight is 492 g/mol. The Balaban J connectivity index is 1.69. The number of carbonyl (C=O) groups excluding carboxylic acids is 2. The van der Waals surface area contributed by atoms with Crippen LogP contribution in [0.15, 0.2) is 65.6 Å². The summed E-state index contributed by atoms with van der Waals surface area (Å²) in [7, 11) is -4.15. The molecule has 1 amide bonds. The number of hydrogen-bond donors (Lipinski definition) is 2. The van der Waals surface area contributed by atoms with E-state index in [1.807, 2.05) is 0 Å². The van der Waals surface area contributed by atoms with Crippen LogP contribution in [0.3, 0.4) is 0 Å². The van der Waals surface area contributed by atoms with Crippen molar-refractivity contribution in [3.05, 3.63) is 89.2 Å². The van der Waals surface area contributed by atoms with E-state index in [0.29, 0.717) is 0 Å². The number of sulfonamides is 1. The maximum absolute atomic E-state index is 13.8. The van der Waals surface area contributed by atoms with E-state index in [0.717, 1.165) is 24.3 Å². The molecule has 0 bridgehead atoms. The first kappa shape index (κ1) is 24.8. The van der Waals surface area contributed by atoms with Crippen molar-refractivity contribution >= 4 is 33.3 Å².